The highest BCUT2D eigenvalue weighted by Gasteiger charge is 2.35. The molecule has 3 heterocycles. The van der Waals surface area contributed by atoms with E-state index in [1.54, 1.807) is 36.4 Å². The molecule has 8 heteroatoms. The number of aromatic amines is 1. The minimum Gasteiger partial charge on any atom is -0.507 e. The zero-order chi connectivity index (χ0) is 24.3. The number of nitrogens with one attached hydrogen (secondary N) is 1. The summed E-state index contributed by atoms with van der Waals surface area (Å²) in [5, 5.41) is 12.0. The van der Waals surface area contributed by atoms with Crippen LogP contribution in [0.5, 0.6) is 11.5 Å². The van der Waals surface area contributed by atoms with Gasteiger partial charge in [0, 0.05) is 33.7 Å². The molecule has 0 fully saturated rings. The van der Waals surface area contributed by atoms with Gasteiger partial charge in [0.05, 0.1) is 12.0 Å². The number of carbonyl (C=O) groups is 1. The minimum absolute atomic E-state index is 0.0474. The number of pyridine rings is 1. The third-order valence-electron chi connectivity index (χ3n) is 6.28. The van der Waals surface area contributed by atoms with Gasteiger partial charge in [0.15, 0.2) is 0 Å². The molecule has 6 rings (SSSR count). The molecule has 0 bridgehead atoms. The van der Waals surface area contributed by atoms with Crippen molar-refractivity contribution >= 4 is 39.4 Å². The Balaban J connectivity index is 1.63. The second-order valence-electron chi connectivity index (χ2n) is 8.37. The van der Waals surface area contributed by atoms with Crippen molar-refractivity contribution in [2.24, 2.45) is 0 Å². The summed E-state index contributed by atoms with van der Waals surface area (Å²) in [5.74, 6) is -1.64. The molecule has 35 heavy (non-hydrogen) atoms. The van der Waals surface area contributed by atoms with Crippen molar-refractivity contribution in [3.63, 3.8) is 0 Å². The molecule has 0 radical (unpaired) electrons. The Labute approximate surface area is 202 Å². The van der Waals surface area contributed by atoms with Gasteiger partial charge in [-0.25, -0.2) is 0 Å². The average Bonchev–Trinajstić information content (AvgIpc) is 2.83. The Hall–Kier alpha value is -4.36. The monoisotopic (exact) mass is 485 g/mol. The molecule has 172 valence electrons. The highest BCUT2D eigenvalue weighted by atomic mass is 35.5. The molecule has 2 aromatic heterocycles. The number of ether oxygens (including phenoxy) is 1. The summed E-state index contributed by atoms with van der Waals surface area (Å²) in [7, 11) is 0. The average molecular weight is 486 g/mol. The fourth-order valence-corrected chi connectivity index (χ4v) is 4.78. The first-order chi connectivity index (χ1) is 16.9. The minimum atomic E-state index is -0.743. The van der Waals surface area contributed by atoms with Gasteiger partial charge < -0.3 is 19.2 Å². The van der Waals surface area contributed by atoms with Gasteiger partial charge in [-0.15, -0.1) is 0 Å². The van der Waals surface area contributed by atoms with Crippen molar-refractivity contribution in [2.75, 3.05) is 0 Å². The van der Waals surface area contributed by atoms with Crippen LogP contribution in [0.3, 0.4) is 0 Å². The number of hydrogen-bond donors (Lipinski definition) is 2. The molecule has 5 aromatic rings. The summed E-state index contributed by atoms with van der Waals surface area (Å²) in [6, 6.07) is 16.9. The van der Waals surface area contributed by atoms with E-state index in [1.165, 1.54) is 12.3 Å². The lowest BCUT2D eigenvalue weighted by Crippen LogP contribution is -2.26. The fourth-order valence-electron chi connectivity index (χ4n) is 4.65. The lowest BCUT2D eigenvalue weighted by Gasteiger charge is -2.25. The van der Waals surface area contributed by atoms with Crippen LogP contribution in [0.1, 0.15) is 23.5 Å². The highest BCUT2D eigenvalue weighted by molar-refractivity contribution is 6.30. The molecular formula is C27H16ClNO6. The van der Waals surface area contributed by atoms with Crippen LogP contribution in [0.2, 0.25) is 5.02 Å². The van der Waals surface area contributed by atoms with E-state index in [1.807, 2.05) is 18.2 Å². The predicted octanol–water partition coefficient (Wildman–Crippen LogP) is 5.10. The Bertz CT molecular complexity index is 1790. The first-order valence-corrected chi connectivity index (χ1v) is 11.2. The molecule has 0 aliphatic carbocycles. The van der Waals surface area contributed by atoms with E-state index in [-0.39, 0.29) is 40.0 Å². The summed E-state index contributed by atoms with van der Waals surface area (Å²) in [6.45, 7) is 0. The summed E-state index contributed by atoms with van der Waals surface area (Å²) in [5.41, 5.74) is 1.39. The quantitative estimate of drug-likeness (QED) is 0.266. The Kier molecular flexibility index (Phi) is 4.76. The SMILES string of the molecule is O=C1C[C@H](c2cc3ccccc3[nH]c2=O)c2c(cc(O)c3c(=O)c(-c4ccc(Cl)cc4)coc23)O1. The third-order valence-corrected chi connectivity index (χ3v) is 6.54. The number of benzene rings is 3. The molecule has 1 atom stereocenters. The molecule has 0 saturated carbocycles. The third kappa shape index (κ3) is 3.40. The van der Waals surface area contributed by atoms with E-state index < -0.39 is 17.3 Å². The topological polar surface area (TPSA) is 110 Å². The molecule has 2 N–H and O–H groups in total. The van der Waals surface area contributed by atoms with Crippen LogP contribution in [0, 0.1) is 0 Å². The van der Waals surface area contributed by atoms with Crippen LogP contribution >= 0.6 is 11.6 Å². The van der Waals surface area contributed by atoms with Gasteiger partial charge in [0.25, 0.3) is 5.56 Å². The second-order valence-corrected chi connectivity index (χ2v) is 8.81. The molecule has 0 saturated heterocycles. The first-order valence-electron chi connectivity index (χ1n) is 10.8. The molecular weight excluding hydrogens is 470 g/mol. The Morgan fingerprint density at radius 2 is 1.77 bits per heavy atom. The largest absolute Gasteiger partial charge is 0.507 e. The van der Waals surface area contributed by atoms with Crippen LogP contribution in [0.15, 0.2) is 80.9 Å². The molecule has 3 aromatic carbocycles. The normalized spacial score (nSPS) is 15.2. The molecule has 0 unspecified atom stereocenters. The number of aromatic hydroxyl groups is 1. The summed E-state index contributed by atoms with van der Waals surface area (Å²) < 4.78 is 11.3. The second kappa shape index (κ2) is 7.85. The van der Waals surface area contributed by atoms with E-state index in [2.05, 4.69) is 4.98 Å². The fraction of sp³-hybridized carbons (Fsp3) is 0.0741. The Morgan fingerprint density at radius 3 is 2.57 bits per heavy atom. The van der Waals surface area contributed by atoms with Gasteiger partial charge in [-0.3, -0.25) is 14.4 Å². The van der Waals surface area contributed by atoms with E-state index in [4.69, 9.17) is 20.8 Å². The van der Waals surface area contributed by atoms with Crippen molar-refractivity contribution in [2.45, 2.75) is 12.3 Å². The summed E-state index contributed by atoms with van der Waals surface area (Å²) >= 11 is 5.96. The number of fused-ring (bicyclic) bond motifs is 4. The van der Waals surface area contributed by atoms with Crippen molar-refractivity contribution in [1.29, 1.82) is 0 Å². The number of esters is 1. The van der Waals surface area contributed by atoms with Gasteiger partial charge >= 0.3 is 5.97 Å². The Morgan fingerprint density at radius 1 is 1.00 bits per heavy atom. The van der Waals surface area contributed by atoms with Crippen LogP contribution in [-0.4, -0.2) is 16.1 Å². The molecule has 0 spiro atoms. The number of carbonyl (C=O) groups excluding carboxylic acids is 1. The van der Waals surface area contributed by atoms with Crippen LogP contribution in [0.4, 0.5) is 0 Å². The molecule has 1 aliphatic rings. The van der Waals surface area contributed by atoms with Gasteiger partial charge in [0.1, 0.15) is 28.7 Å². The van der Waals surface area contributed by atoms with Crippen molar-refractivity contribution in [3.05, 3.63) is 104 Å². The molecule has 7 nitrogen and oxygen atoms in total. The molecule has 1 aliphatic heterocycles. The van der Waals surface area contributed by atoms with Crippen molar-refractivity contribution in [3.8, 4) is 22.6 Å². The number of hydrogen-bond acceptors (Lipinski definition) is 6. The lowest BCUT2D eigenvalue weighted by molar-refractivity contribution is -0.135. The lowest BCUT2D eigenvalue weighted by atomic mass is 9.85. The van der Waals surface area contributed by atoms with Gasteiger partial charge in [0.2, 0.25) is 5.43 Å². The van der Waals surface area contributed by atoms with E-state index in [0.717, 1.165) is 5.39 Å². The first kappa shape index (κ1) is 21.2. The van der Waals surface area contributed by atoms with Crippen molar-refractivity contribution in [1.82, 2.24) is 4.98 Å². The van der Waals surface area contributed by atoms with E-state index in [0.29, 0.717) is 27.2 Å². The summed E-state index contributed by atoms with van der Waals surface area (Å²) in [4.78, 5) is 41.8. The van der Waals surface area contributed by atoms with Crippen LogP contribution in [0.25, 0.3) is 33.0 Å². The zero-order valence-corrected chi connectivity index (χ0v) is 18.8. The maximum Gasteiger partial charge on any atom is 0.312 e. The zero-order valence-electron chi connectivity index (χ0n) is 18.0. The van der Waals surface area contributed by atoms with Crippen molar-refractivity contribution < 1.29 is 19.1 Å². The molecule has 0 amide bonds. The number of halogens is 1. The number of rotatable bonds is 2. The maximum atomic E-state index is 13.4. The van der Waals surface area contributed by atoms with Gasteiger partial charge in [-0.1, -0.05) is 41.9 Å². The number of phenols is 1. The smallest absolute Gasteiger partial charge is 0.312 e. The van der Waals surface area contributed by atoms with Gasteiger partial charge in [-0.2, -0.15) is 0 Å². The maximum absolute atomic E-state index is 13.4. The standard InChI is InChI=1S/C27H16ClNO6/c28-15-7-5-13(6-8-15)18-12-34-26-23-16(17-9-14-3-1-2-4-19(14)29-27(17)33)10-22(31)35-21(23)11-20(30)24(26)25(18)32/h1-9,11-12,16,30H,10H2,(H,29,33)/t16-/m1/s1. The number of H-pyrrole nitrogens is 1. The predicted molar refractivity (Wildman–Crippen MR) is 131 cm³/mol. The van der Waals surface area contributed by atoms with E-state index in [9.17, 15) is 19.5 Å². The highest BCUT2D eigenvalue weighted by Crippen LogP contribution is 2.45. The van der Waals surface area contributed by atoms with Crippen LogP contribution < -0.4 is 15.7 Å². The number of phenolic OH excluding ortho intramolecular Hbond substituents is 1. The van der Waals surface area contributed by atoms with E-state index >= 15 is 0 Å². The van der Waals surface area contributed by atoms with Gasteiger partial charge in [-0.05, 0) is 35.2 Å². The number of para-hydroxylation sites is 1. The summed E-state index contributed by atoms with van der Waals surface area (Å²) in [6.07, 6.45) is 1.17. The number of aromatic nitrogens is 1. The van der Waals surface area contributed by atoms with Crippen LogP contribution in [-0.2, 0) is 4.79 Å².